The first kappa shape index (κ1) is 21.6. The molecule has 2 fully saturated rings. The molecule has 32 heavy (non-hydrogen) atoms. The number of urea groups is 1. The van der Waals surface area contributed by atoms with Gasteiger partial charge >= 0.3 is 6.03 Å². The molecule has 2 heterocycles. The SMILES string of the molecule is CC(F)SNC1C2Cc3cccc(c3)-c3ccccc3OCCN(C)C(=O)N2CC12CC2. The second-order valence-corrected chi connectivity index (χ2v) is 10.4. The quantitative estimate of drug-likeness (QED) is 0.680. The van der Waals surface area contributed by atoms with Crippen LogP contribution in [0.5, 0.6) is 5.75 Å². The Balaban J connectivity index is 1.54. The van der Waals surface area contributed by atoms with E-state index in [-0.39, 0.29) is 23.5 Å². The normalized spacial score (nSPS) is 25.2. The molecule has 7 heteroatoms. The molecule has 2 amide bonds. The summed E-state index contributed by atoms with van der Waals surface area (Å²) in [7, 11) is 1.84. The zero-order valence-electron chi connectivity index (χ0n) is 18.6. The maximum Gasteiger partial charge on any atom is 0.320 e. The summed E-state index contributed by atoms with van der Waals surface area (Å²) in [5.41, 5.74) is 2.40. The molecule has 0 aromatic heterocycles. The van der Waals surface area contributed by atoms with Gasteiger partial charge in [-0.05, 0) is 55.3 Å². The second kappa shape index (κ2) is 8.60. The van der Waals surface area contributed by atoms with Crippen molar-refractivity contribution in [2.45, 2.75) is 43.8 Å². The Morgan fingerprint density at radius 3 is 2.81 bits per heavy atom. The Hall–Kier alpha value is -2.25. The van der Waals surface area contributed by atoms with Gasteiger partial charge in [0, 0.05) is 30.6 Å². The van der Waals surface area contributed by atoms with Crippen molar-refractivity contribution in [2.24, 2.45) is 5.41 Å². The van der Waals surface area contributed by atoms with Crippen molar-refractivity contribution in [3.05, 3.63) is 54.1 Å². The van der Waals surface area contributed by atoms with E-state index in [0.29, 0.717) is 13.2 Å². The lowest BCUT2D eigenvalue weighted by molar-refractivity contribution is 0.146. The van der Waals surface area contributed by atoms with Gasteiger partial charge in [-0.25, -0.2) is 9.18 Å². The van der Waals surface area contributed by atoms with Crippen molar-refractivity contribution in [3.63, 3.8) is 0 Å². The molecule has 3 aliphatic rings. The molecule has 1 spiro atoms. The number of hydrogen-bond acceptors (Lipinski definition) is 4. The molecule has 2 aromatic rings. The summed E-state index contributed by atoms with van der Waals surface area (Å²) in [5.74, 6) is 0.829. The average Bonchev–Trinajstić information content (AvgIpc) is 3.49. The minimum absolute atomic E-state index is 0.0223. The smallest absolute Gasteiger partial charge is 0.320 e. The number of hydrogen-bond donors (Lipinski definition) is 1. The molecule has 0 radical (unpaired) electrons. The van der Waals surface area contributed by atoms with E-state index in [1.165, 1.54) is 5.56 Å². The van der Waals surface area contributed by atoms with Crippen LogP contribution < -0.4 is 9.46 Å². The molecule has 5 nitrogen and oxygen atoms in total. The van der Waals surface area contributed by atoms with Crippen molar-refractivity contribution in [3.8, 4) is 16.9 Å². The van der Waals surface area contributed by atoms with Crippen molar-refractivity contribution < 1.29 is 13.9 Å². The molecule has 3 unspecified atom stereocenters. The van der Waals surface area contributed by atoms with E-state index in [0.717, 1.165) is 54.6 Å². The first-order chi connectivity index (χ1) is 15.5. The summed E-state index contributed by atoms with van der Waals surface area (Å²) in [6.07, 6.45) is 2.88. The highest BCUT2D eigenvalue weighted by molar-refractivity contribution is 7.97. The number of benzene rings is 2. The molecule has 5 rings (SSSR count). The lowest BCUT2D eigenvalue weighted by Gasteiger charge is -2.32. The average molecular weight is 456 g/mol. The number of rotatable bonds is 3. The molecule has 2 aliphatic heterocycles. The molecule has 170 valence electrons. The zero-order chi connectivity index (χ0) is 22.3. The fourth-order valence-electron chi connectivity index (χ4n) is 5.13. The number of para-hydroxylation sites is 1. The second-order valence-electron chi connectivity index (χ2n) is 9.27. The minimum atomic E-state index is -0.995. The lowest BCUT2D eigenvalue weighted by Crippen LogP contribution is -2.50. The van der Waals surface area contributed by atoms with Crippen LogP contribution in [0, 0.1) is 5.41 Å². The van der Waals surface area contributed by atoms with Crippen LogP contribution >= 0.6 is 11.9 Å². The maximum atomic E-state index is 13.7. The van der Waals surface area contributed by atoms with Crippen LogP contribution in [0.1, 0.15) is 25.3 Å². The van der Waals surface area contributed by atoms with Gasteiger partial charge in [0.25, 0.3) is 0 Å². The van der Waals surface area contributed by atoms with Crippen LogP contribution in [-0.2, 0) is 6.42 Å². The monoisotopic (exact) mass is 455 g/mol. The van der Waals surface area contributed by atoms with Crippen LogP contribution in [-0.4, -0.2) is 60.2 Å². The number of carbonyl (C=O) groups is 1. The van der Waals surface area contributed by atoms with Gasteiger partial charge in [-0.2, -0.15) is 0 Å². The van der Waals surface area contributed by atoms with Gasteiger partial charge < -0.3 is 14.5 Å². The van der Waals surface area contributed by atoms with E-state index in [2.05, 4.69) is 35.1 Å². The fourth-order valence-corrected chi connectivity index (χ4v) is 5.87. The van der Waals surface area contributed by atoms with Crippen LogP contribution in [0.25, 0.3) is 11.1 Å². The van der Waals surface area contributed by atoms with Gasteiger partial charge in [0.15, 0.2) is 5.50 Å². The van der Waals surface area contributed by atoms with Crippen molar-refractivity contribution in [1.29, 1.82) is 0 Å². The third kappa shape index (κ3) is 4.08. The number of halogens is 1. The van der Waals surface area contributed by atoms with Crippen molar-refractivity contribution in [2.75, 3.05) is 26.7 Å². The van der Waals surface area contributed by atoms with E-state index >= 15 is 0 Å². The van der Waals surface area contributed by atoms with Crippen molar-refractivity contribution in [1.82, 2.24) is 14.5 Å². The molecule has 1 saturated carbocycles. The molecular formula is C25H30FN3O2S. The number of nitrogens with zero attached hydrogens (tertiary/aromatic N) is 2. The Morgan fingerprint density at radius 1 is 1.22 bits per heavy atom. The lowest BCUT2D eigenvalue weighted by atomic mass is 9.91. The Morgan fingerprint density at radius 2 is 2.03 bits per heavy atom. The molecule has 1 saturated heterocycles. The summed E-state index contributed by atoms with van der Waals surface area (Å²) >= 11 is 1.14. The number of fused-ring (bicyclic) bond motifs is 5. The maximum absolute atomic E-state index is 13.7. The van der Waals surface area contributed by atoms with Gasteiger partial charge in [0.1, 0.15) is 12.4 Å². The van der Waals surface area contributed by atoms with Crippen LogP contribution in [0.3, 0.4) is 0 Å². The standard InChI is InChI=1S/C25H30FN3O2S/c1-17(26)32-27-23-21-15-18-6-5-7-19(14-18)20-8-3-4-9-22(20)31-13-12-28(2)24(30)29(21)16-25(23)10-11-25/h3-9,14,17,21,23,27H,10-13,15-16H2,1-2H3. The highest BCUT2D eigenvalue weighted by atomic mass is 32.2. The number of ether oxygens (including phenoxy) is 1. The van der Waals surface area contributed by atoms with Crippen LogP contribution in [0.2, 0.25) is 0 Å². The molecular weight excluding hydrogens is 425 g/mol. The van der Waals surface area contributed by atoms with Gasteiger partial charge in [0.05, 0.1) is 12.6 Å². The first-order valence-corrected chi connectivity index (χ1v) is 12.2. The molecule has 2 bridgehead atoms. The van der Waals surface area contributed by atoms with E-state index < -0.39 is 5.50 Å². The van der Waals surface area contributed by atoms with E-state index in [9.17, 15) is 9.18 Å². The topological polar surface area (TPSA) is 44.8 Å². The third-order valence-corrected chi connectivity index (χ3v) is 7.72. The number of alkyl halides is 1. The fraction of sp³-hybridized carbons (Fsp3) is 0.480. The largest absolute Gasteiger partial charge is 0.491 e. The third-order valence-electron chi connectivity index (χ3n) is 7.01. The van der Waals surface area contributed by atoms with Gasteiger partial charge in [-0.3, -0.25) is 4.72 Å². The van der Waals surface area contributed by atoms with Gasteiger partial charge in [-0.1, -0.05) is 42.5 Å². The Kier molecular flexibility index (Phi) is 5.80. The number of nitrogens with one attached hydrogen (secondary N) is 1. The molecule has 2 aromatic carbocycles. The van der Waals surface area contributed by atoms with E-state index in [1.54, 1.807) is 11.8 Å². The Bertz CT molecular complexity index is 997. The summed E-state index contributed by atoms with van der Waals surface area (Å²) in [5, 5.41) is 0. The summed E-state index contributed by atoms with van der Waals surface area (Å²) in [6, 6.07) is 16.6. The van der Waals surface area contributed by atoms with Gasteiger partial charge in [0.2, 0.25) is 0 Å². The molecule has 1 aliphatic carbocycles. The summed E-state index contributed by atoms with van der Waals surface area (Å²) < 4.78 is 23.2. The summed E-state index contributed by atoms with van der Waals surface area (Å²) in [4.78, 5) is 17.3. The predicted molar refractivity (Wildman–Crippen MR) is 126 cm³/mol. The van der Waals surface area contributed by atoms with Crippen molar-refractivity contribution >= 4 is 18.0 Å². The predicted octanol–water partition coefficient (Wildman–Crippen LogP) is 4.73. The number of carbonyl (C=O) groups excluding carboxylic acids is 1. The minimum Gasteiger partial charge on any atom is -0.491 e. The zero-order valence-corrected chi connectivity index (χ0v) is 19.4. The molecule has 3 atom stereocenters. The first-order valence-electron chi connectivity index (χ1n) is 11.3. The van der Waals surface area contributed by atoms with E-state index in [4.69, 9.17) is 4.74 Å². The highest BCUT2D eigenvalue weighted by Crippen LogP contribution is 2.56. The van der Waals surface area contributed by atoms with Crippen LogP contribution in [0.4, 0.5) is 9.18 Å². The number of amides is 2. The molecule has 1 N–H and O–H groups in total. The Labute approximate surface area is 193 Å². The number of likely N-dealkylation sites (N-methyl/N-ethyl adjacent to an activating group) is 1. The van der Waals surface area contributed by atoms with Gasteiger partial charge in [-0.15, -0.1) is 0 Å². The summed E-state index contributed by atoms with van der Waals surface area (Å²) in [6.45, 7) is 3.21. The highest BCUT2D eigenvalue weighted by Gasteiger charge is 2.60. The van der Waals surface area contributed by atoms with Crippen LogP contribution in [0.15, 0.2) is 48.5 Å². The van der Waals surface area contributed by atoms with E-state index in [1.807, 2.05) is 30.1 Å².